The van der Waals surface area contributed by atoms with Gasteiger partial charge in [0, 0.05) is 42.8 Å². The summed E-state index contributed by atoms with van der Waals surface area (Å²) in [5.41, 5.74) is 4.08. The first-order valence-electron chi connectivity index (χ1n) is 10.3. The molecule has 0 radical (unpaired) electrons. The predicted molar refractivity (Wildman–Crippen MR) is 124 cm³/mol. The van der Waals surface area contributed by atoms with E-state index in [0.717, 1.165) is 29.9 Å². The maximum Gasteiger partial charge on any atom is 0.255 e. The first-order chi connectivity index (χ1) is 14.1. The lowest BCUT2D eigenvalue weighted by Crippen LogP contribution is -2.51. The summed E-state index contributed by atoms with van der Waals surface area (Å²) in [7, 11) is 0. The highest BCUT2D eigenvalue weighted by molar-refractivity contribution is 6.33. The predicted octanol–water partition coefficient (Wildman–Crippen LogP) is 4.90. The van der Waals surface area contributed by atoms with Crippen LogP contribution in [0.25, 0.3) is 0 Å². The van der Waals surface area contributed by atoms with Gasteiger partial charge >= 0.3 is 0 Å². The fraction of sp³-hybridized carbons (Fsp3) is 0.417. The maximum absolute atomic E-state index is 12.6. The number of hydrogen-bond acceptors (Lipinski definition) is 3. The third-order valence-corrected chi connectivity index (χ3v) is 5.83. The van der Waals surface area contributed by atoms with Crippen LogP contribution in [0.5, 0.6) is 0 Å². The quantitative estimate of drug-likeness (QED) is 0.757. The Bertz CT molecular complexity index is 957. The van der Waals surface area contributed by atoms with E-state index in [1.54, 1.807) is 6.07 Å². The van der Waals surface area contributed by atoms with Gasteiger partial charge in [-0.2, -0.15) is 0 Å². The lowest BCUT2D eigenvalue weighted by molar-refractivity contribution is -0.139. The van der Waals surface area contributed by atoms with Gasteiger partial charge in [-0.3, -0.25) is 9.59 Å². The number of nitrogens with zero attached hydrogens (tertiary/aromatic N) is 2. The Labute approximate surface area is 184 Å². The first-order valence-corrected chi connectivity index (χ1v) is 10.7. The summed E-state index contributed by atoms with van der Waals surface area (Å²) in [6.07, 6.45) is 0. The van der Waals surface area contributed by atoms with E-state index < -0.39 is 0 Å². The molecule has 0 spiro atoms. The summed E-state index contributed by atoms with van der Waals surface area (Å²) < 4.78 is 0. The lowest BCUT2D eigenvalue weighted by atomic mass is 9.94. The molecule has 0 unspecified atom stereocenters. The molecule has 1 saturated heterocycles. The van der Waals surface area contributed by atoms with Crippen LogP contribution in [0.3, 0.4) is 0 Å². The van der Waals surface area contributed by atoms with Crippen molar-refractivity contribution in [3.63, 3.8) is 0 Å². The molecule has 1 N–H and O–H groups in total. The Balaban J connectivity index is 1.65. The summed E-state index contributed by atoms with van der Waals surface area (Å²) >= 11 is 6.54. The fourth-order valence-corrected chi connectivity index (χ4v) is 3.85. The van der Waals surface area contributed by atoms with E-state index in [9.17, 15) is 9.59 Å². The lowest BCUT2D eigenvalue weighted by Gasteiger charge is -2.39. The molecule has 0 aromatic heterocycles. The highest BCUT2D eigenvalue weighted by atomic mass is 35.5. The third-order valence-electron chi connectivity index (χ3n) is 5.52. The van der Waals surface area contributed by atoms with Crippen molar-refractivity contribution in [3.05, 3.63) is 58.1 Å². The summed E-state index contributed by atoms with van der Waals surface area (Å²) in [5, 5.41) is 3.51. The van der Waals surface area contributed by atoms with Gasteiger partial charge in [-0.15, -0.1) is 0 Å². The van der Waals surface area contributed by atoms with E-state index in [0.29, 0.717) is 29.4 Å². The minimum absolute atomic E-state index is 0.156. The number of halogens is 1. The zero-order valence-electron chi connectivity index (χ0n) is 18.4. The second kappa shape index (κ2) is 8.68. The molecule has 160 valence electrons. The zero-order valence-corrected chi connectivity index (χ0v) is 19.1. The number of carbonyl (C=O) groups is 2. The number of nitrogens with one attached hydrogen (secondary N) is 1. The SMILES string of the molecule is Cc1ccc(C(=O)Nc2ccc(N3CCN(C(=O)C(C)(C)C)CC3)c(Cl)c2)cc1C. The molecule has 2 aromatic carbocycles. The monoisotopic (exact) mass is 427 g/mol. The van der Waals surface area contributed by atoms with Gasteiger partial charge in [0.15, 0.2) is 0 Å². The van der Waals surface area contributed by atoms with Crippen LogP contribution < -0.4 is 10.2 Å². The van der Waals surface area contributed by atoms with Crippen LogP contribution in [-0.4, -0.2) is 42.9 Å². The van der Waals surface area contributed by atoms with E-state index in [1.165, 1.54) is 0 Å². The van der Waals surface area contributed by atoms with Crippen molar-refractivity contribution in [2.24, 2.45) is 5.41 Å². The molecule has 1 heterocycles. The molecule has 0 bridgehead atoms. The first kappa shape index (κ1) is 22.2. The molecular weight excluding hydrogens is 398 g/mol. The van der Waals surface area contributed by atoms with E-state index in [4.69, 9.17) is 11.6 Å². The summed E-state index contributed by atoms with van der Waals surface area (Å²) in [5.74, 6) is 0.0221. The van der Waals surface area contributed by atoms with E-state index in [2.05, 4.69) is 10.2 Å². The standard InChI is InChI=1S/C24H30ClN3O2/c1-16-6-7-18(14-17(16)2)22(29)26-19-8-9-21(20(25)15-19)27-10-12-28(13-11-27)23(30)24(3,4)5/h6-9,14-15H,10-13H2,1-5H3,(H,26,29). The Hall–Kier alpha value is -2.53. The van der Waals surface area contributed by atoms with Gasteiger partial charge in [-0.1, -0.05) is 38.4 Å². The van der Waals surface area contributed by atoms with Gasteiger partial charge in [-0.25, -0.2) is 0 Å². The second-order valence-electron chi connectivity index (χ2n) is 8.95. The number of hydrogen-bond donors (Lipinski definition) is 1. The average Bonchev–Trinajstić information content (AvgIpc) is 2.69. The normalized spacial score (nSPS) is 14.6. The van der Waals surface area contributed by atoms with Crippen molar-refractivity contribution in [1.82, 2.24) is 4.90 Å². The molecule has 2 amide bonds. The van der Waals surface area contributed by atoms with E-state index in [-0.39, 0.29) is 17.2 Å². The molecule has 1 aliphatic heterocycles. The number of rotatable bonds is 3. The van der Waals surface area contributed by atoms with Crippen LogP contribution in [-0.2, 0) is 4.79 Å². The van der Waals surface area contributed by atoms with Crippen molar-refractivity contribution in [2.45, 2.75) is 34.6 Å². The summed E-state index contributed by atoms with van der Waals surface area (Å²) in [4.78, 5) is 29.1. The fourth-order valence-electron chi connectivity index (χ4n) is 3.55. The number of benzene rings is 2. The molecular formula is C24H30ClN3O2. The van der Waals surface area contributed by atoms with Gasteiger partial charge < -0.3 is 15.1 Å². The number of piperazine rings is 1. The highest BCUT2D eigenvalue weighted by Gasteiger charge is 2.30. The highest BCUT2D eigenvalue weighted by Crippen LogP contribution is 2.30. The van der Waals surface area contributed by atoms with Gasteiger partial charge in [-0.05, 0) is 55.3 Å². The van der Waals surface area contributed by atoms with Crippen molar-refractivity contribution < 1.29 is 9.59 Å². The van der Waals surface area contributed by atoms with Gasteiger partial charge in [0.1, 0.15) is 0 Å². The molecule has 1 aliphatic rings. The van der Waals surface area contributed by atoms with Crippen LogP contribution in [0.4, 0.5) is 11.4 Å². The number of carbonyl (C=O) groups excluding carboxylic acids is 2. The van der Waals surface area contributed by atoms with Gasteiger partial charge in [0.05, 0.1) is 10.7 Å². The Morgan fingerprint density at radius 2 is 1.60 bits per heavy atom. The molecule has 6 heteroatoms. The number of anilines is 2. The molecule has 5 nitrogen and oxygen atoms in total. The summed E-state index contributed by atoms with van der Waals surface area (Å²) in [6.45, 7) is 12.7. The second-order valence-corrected chi connectivity index (χ2v) is 9.36. The van der Waals surface area contributed by atoms with Crippen LogP contribution in [0, 0.1) is 19.3 Å². The summed E-state index contributed by atoms with van der Waals surface area (Å²) in [6, 6.07) is 11.2. The van der Waals surface area contributed by atoms with Crippen LogP contribution in [0.2, 0.25) is 5.02 Å². The Morgan fingerprint density at radius 1 is 0.933 bits per heavy atom. The van der Waals surface area contributed by atoms with Crippen LogP contribution in [0.1, 0.15) is 42.3 Å². The van der Waals surface area contributed by atoms with Gasteiger partial charge in [0.2, 0.25) is 5.91 Å². The molecule has 30 heavy (non-hydrogen) atoms. The topological polar surface area (TPSA) is 52.7 Å². The van der Waals surface area contributed by atoms with Crippen LogP contribution in [0.15, 0.2) is 36.4 Å². The van der Waals surface area contributed by atoms with Crippen molar-refractivity contribution in [3.8, 4) is 0 Å². The van der Waals surface area contributed by atoms with Crippen molar-refractivity contribution in [1.29, 1.82) is 0 Å². The molecule has 0 atom stereocenters. The number of amides is 2. The smallest absolute Gasteiger partial charge is 0.255 e. The van der Waals surface area contributed by atoms with Crippen molar-refractivity contribution >= 4 is 34.8 Å². The molecule has 1 fully saturated rings. The average molecular weight is 428 g/mol. The van der Waals surface area contributed by atoms with E-state index >= 15 is 0 Å². The number of aryl methyl sites for hydroxylation is 2. The molecule has 0 saturated carbocycles. The zero-order chi connectivity index (χ0) is 22.1. The third kappa shape index (κ3) is 4.96. The molecule has 3 rings (SSSR count). The molecule has 0 aliphatic carbocycles. The largest absolute Gasteiger partial charge is 0.367 e. The minimum atomic E-state index is -0.365. The Kier molecular flexibility index (Phi) is 6.41. The Morgan fingerprint density at radius 3 is 2.17 bits per heavy atom. The maximum atomic E-state index is 12.6. The van der Waals surface area contributed by atoms with E-state index in [1.807, 2.05) is 69.9 Å². The van der Waals surface area contributed by atoms with Crippen LogP contribution >= 0.6 is 11.6 Å². The molecule has 2 aromatic rings. The van der Waals surface area contributed by atoms with Gasteiger partial charge in [0.25, 0.3) is 5.91 Å². The minimum Gasteiger partial charge on any atom is -0.367 e. The van der Waals surface area contributed by atoms with Crippen molar-refractivity contribution in [2.75, 3.05) is 36.4 Å².